The van der Waals surface area contributed by atoms with Gasteiger partial charge in [0.1, 0.15) is 23.9 Å². The van der Waals surface area contributed by atoms with Gasteiger partial charge in [0.25, 0.3) is 0 Å². The highest BCUT2D eigenvalue weighted by Crippen LogP contribution is 2.15. The Morgan fingerprint density at radius 3 is 2.79 bits per heavy atom. The van der Waals surface area contributed by atoms with E-state index in [2.05, 4.69) is 25.2 Å². The molecule has 1 heterocycles. The Morgan fingerprint density at radius 1 is 1.16 bits per heavy atom. The van der Waals surface area contributed by atoms with E-state index in [1.54, 1.807) is 0 Å². The molecule has 1 N–H and O–H groups in total. The number of aryl methyl sites for hydroxylation is 1. The fourth-order valence-corrected chi connectivity index (χ4v) is 1.84. The van der Waals surface area contributed by atoms with Gasteiger partial charge in [-0.1, -0.05) is 19.1 Å². The molecular formula is C16H21NO2. The Labute approximate surface area is 114 Å². The van der Waals surface area contributed by atoms with Crippen molar-refractivity contribution in [2.75, 3.05) is 6.54 Å². The first kappa shape index (κ1) is 13.7. The lowest BCUT2D eigenvalue weighted by Crippen LogP contribution is -2.13. The van der Waals surface area contributed by atoms with Gasteiger partial charge in [0, 0.05) is 0 Å². The minimum atomic E-state index is 0.469. The van der Waals surface area contributed by atoms with Crippen LogP contribution in [0.25, 0.3) is 0 Å². The third-order valence-corrected chi connectivity index (χ3v) is 2.81. The van der Waals surface area contributed by atoms with Crippen LogP contribution in [0.2, 0.25) is 0 Å². The van der Waals surface area contributed by atoms with Crippen molar-refractivity contribution in [2.45, 2.75) is 33.4 Å². The minimum Gasteiger partial charge on any atom is -0.486 e. The molecule has 2 aromatic rings. The SMILES string of the molecule is CCCNCc1ccc(COc2cccc(C)c2)o1. The van der Waals surface area contributed by atoms with E-state index < -0.39 is 0 Å². The third kappa shape index (κ3) is 4.45. The van der Waals surface area contributed by atoms with Crippen molar-refractivity contribution in [1.82, 2.24) is 5.32 Å². The summed E-state index contributed by atoms with van der Waals surface area (Å²) in [5.74, 6) is 2.69. The van der Waals surface area contributed by atoms with Crippen molar-refractivity contribution < 1.29 is 9.15 Å². The van der Waals surface area contributed by atoms with Crippen molar-refractivity contribution in [2.24, 2.45) is 0 Å². The van der Waals surface area contributed by atoms with Crippen molar-refractivity contribution in [1.29, 1.82) is 0 Å². The van der Waals surface area contributed by atoms with Gasteiger partial charge in [0.15, 0.2) is 0 Å². The maximum Gasteiger partial charge on any atom is 0.146 e. The van der Waals surface area contributed by atoms with Gasteiger partial charge < -0.3 is 14.5 Å². The Kier molecular flexibility index (Phi) is 5.04. The van der Waals surface area contributed by atoms with E-state index in [1.165, 1.54) is 5.56 Å². The lowest BCUT2D eigenvalue weighted by atomic mass is 10.2. The van der Waals surface area contributed by atoms with E-state index in [9.17, 15) is 0 Å². The van der Waals surface area contributed by atoms with Gasteiger partial charge in [0.2, 0.25) is 0 Å². The number of benzene rings is 1. The fraction of sp³-hybridized carbons (Fsp3) is 0.375. The molecule has 0 bridgehead atoms. The molecular weight excluding hydrogens is 238 g/mol. The fourth-order valence-electron chi connectivity index (χ4n) is 1.84. The quantitative estimate of drug-likeness (QED) is 0.770. The molecule has 0 unspecified atom stereocenters. The molecule has 1 aromatic heterocycles. The number of rotatable bonds is 7. The Hall–Kier alpha value is -1.74. The Balaban J connectivity index is 1.83. The molecule has 0 fully saturated rings. The molecule has 0 aliphatic heterocycles. The number of nitrogens with one attached hydrogen (secondary N) is 1. The Morgan fingerprint density at radius 2 is 2.00 bits per heavy atom. The number of ether oxygens (including phenoxy) is 1. The highest BCUT2D eigenvalue weighted by atomic mass is 16.5. The second-order valence-electron chi connectivity index (χ2n) is 4.65. The van der Waals surface area contributed by atoms with Gasteiger partial charge in [-0.2, -0.15) is 0 Å². The predicted octanol–water partition coefficient (Wildman–Crippen LogP) is 3.67. The van der Waals surface area contributed by atoms with Gasteiger partial charge in [0.05, 0.1) is 6.54 Å². The Bertz CT molecular complexity index is 505. The van der Waals surface area contributed by atoms with Crippen LogP contribution < -0.4 is 10.1 Å². The third-order valence-electron chi connectivity index (χ3n) is 2.81. The number of hydrogen-bond donors (Lipinski definition) is 1. The predicted molar refractivity (Wildman–Crippen MR) is 76.2 cm³/mol. The lowest BCUT2D eigenvalue weighted by molar-refractivity contribution is 0.265. The standard InChI is InChI=1S/C16H21NO2/c1-3-9-17-11-15-7-8-16(19-15)12-18-14-6-4-5-13(2)10-14/h4-8,10,17H,3,9,11-12H2,1-2H3. The zero-order valence-electron chi connectivity index (χ0n) is 11.6. The molecule has 3 heteroatoms. The summed E-state index contributed by atoms with van der Waals surface area (Å²) in [5.41, 5.74) is 1.20. The maximum atomic E-state index is 5.70. The maximum absolute atomic E-state index is 5.70. The molecule has 0 saturated heterocycles. The second kappa shape index (κ2) is 7.00. The molecule has 2 rings (SSSR count). The van der Waals surface area contributed by atoms with E-state index in [0.717, 1.165) is 36.8 Å². The van der Waals surface area contributed by atoms with Crippen LogP contribution in [-0.4, -0.2) is 6.54 Å². The van der Waals surface area contributed by atoms with Gasteiger partial charge in [-0.15, -0.1) is 0 Å². The first-order chi connectivity index (χ1) is 9.28. The summed E-state index contributed by atoms with van der Waals surface area (Å²) in [6.07, 6.45) is 1.13. The zero-order chi connectivity index (χ0) is 13.5. The van der Waals surface area contributed by atoms with Gasteiger partial charge in [-0.25, -0.2) is 0 Å². The van der Waals surface area contributed by atoms with E-state index in [4.69, 9.17) is 9.15 Å². The summed E-state index contributed by atoms with van der Waals surface area (Å²) in [7, 11) is 0. The highest BCUT2D eigenvalue weighted by Gasteiger charge is 2.03. The van der Waals surface area contributed by atoms with Crippen LogP contribution in [-0.2, 0) is 13.2 Å². The lowest BCUT2D eigenvalue weighted by Gasteiger charge is -2.05. The molecule has 0 radical (unpaired) electrons. The molecule has 102 valence electrons. The smallest absolute Gasteiger partial charge is 0.146 e. The molecule has 19 heavy (non-hydrogen) atoms. The van der Waals surface area contributed by atoms with Crippen LogP contribution in [0.4, 0.5) is 0 Å². The molecule has 0 saturated carbocycles. The largest absolute Gasteiger partial charge is 0.486 e. The van der Waals surface area contributed by atoms with Crippen LogP contribution >= 0.6 is 0 Å². The zero-order valence-corrected chi connectivity index (χ0v) is 11.6. The van der Waals surface area contributed by atoms with Crippen molar-refractivity contribution in [3.05, 3.63) is 53.5 Å². The van der Waals surface area contributed by atoms with Gasteiger partial charge in [-0.05, 0) is 49.7 Å². The van der Waals surface area contributed by atoms with Crippen LogP contribution in [0.15, 0.2) is 40.8 Å². The molecule has 1 aromatic carbocycles. The van der Waals surface area contributed by atoms with Crippen LogP contribution in [0.1, 0.15) is 30.4 Å². The molecule has 0 aliphatic rings. The average Bonchev–Trinajstić information content (AvgIpc) is 2.85. The van der Waals surface area contributed by atoms with Gasteiger partial charge in [-0.3, -0.25) is 0 Å². The molecule has 0 amide bonds. The second-order valence-corrected chi connectivity index (χ2v) is 4.65. The average molecular weight is 259 g/mol. The highest BCUT2D eigenvalue weighted by molar-refractivity contribution is 5.27. The summed E-state index contributed by atoms with van der Waals surface area (Å²) in [6.45, 7) is 6.46. The summed E-state index contributed by atoms with van der Waals surface area (Å²) in [5, 5.41) is 3.31. The minimum absolute atomic E-state index is 0.469. The van der Waals surface area contributed by atoms with Crippen molar-refractivity contribution in [3.8, 4) is 5.75 Å². The van der Waals surface area contributed by atoms with E-state index in [1.807, 2.05) is 30.3 Å². The normalized spacial score (nSPS) is 10.6. The van der Waals surface area contributed by atoms with E-state index in [-0.39, 0.29) is 0 Å². The van der Waals surface area contributed by atoms with E-state index >= 15 is 0 Å². The molecule has 0 atom stereocenters. The van der Waals surface area contributed by atoms with Crippen LogP contribution in [0, 0.1) is 6.92 Å². The molecule has 3 nitrogen and oxygen atoms in total. The summed E-state index contributed by atoms with van der Waals surface area (Å²) in [6, 6.07) is 12.0. The topological polar surface area (TPSA) is 34.4 Å². The molecule has 0 aliphatic carbocycles. The van der Waals surface area contributed by atoms with Crippen LogP contribution in [0.5, 0.6) is 5.75 Å². The summed E-state index contributed by atoms with van der Waals surface area (Å²) >= 11 is 0. The first-order valence-electron chi connectivity index (χ1n) is 6.75. The van der Waals surface area contributed by atoms with Crippen molar-refractivity contribution >= 4 is 0 Å². The van der Waals surface area contributed by atoms with Crippen molar-refractivity contribution in [3.63, 3.8) is 0 Å². The number of hydrogen-bond acceptors (Lipinski definition) is 3. The van der Waals surface area contributed by atoms with Crippen LogP contribution in [0.3, 0.4) is 0 Å². The monoisotopic (exact) mass is 259 g/mol. The van der Waals surface area contributed by atoms with Gasteiger partial charge >= 0.3 is 0 Å². The van der Waals surface area contributed by atoms with E-state index in [0.29, 0.717) is 6.61 Å². The summed E-state index contributed by atoms with van der Waals surface area (Å²) in [4.78, 5) is 0. The first-order valence-corrected chi connectivity index (χ1v) is 6.75. The number of furan rings is 1. The summed E-state index contributed by atoms with van der Waals surface area (Å²) < 4.78 is 11.4. The molecule has 0 spiro atoms.